The minimum atomic E-state index is -0.222. The fourth-order valence-electron chi connectivity index (χ4n) is 3.41. The summed E-state index contributed by atoms with van der Waals surface area (Å²) in [7, 11) is 0. The average Bonchev–Trinajstić information content (AvgIpc) is 3.27. The number of amides is 1. The van der Waals surface area contributed by atoms with Gasteiger partial charge in [-0.2, -0.15) is 0 Å². The minimum Gasteiger partial charge on any atom is -0.361 e. The number of aryl methyl sites for hydroxylation is 2. The molecule has 0 spiro atoms. The van der Waals surface area contributed by atoms with Crippen LogP contribution in [0.1, 0.15) is 29.5 Å². The maximum Gasteiger partial charge on any atom is 0.328 e. The van der Waals surface area contributed by atoms with E-state index in [0.29, 0.717) is 36.4 Å². The molecule has 3 aromatic heterocycles. The van der Waals surface area contributed by atoms with Crippen LogP contribution in [0.5, 0.6) is 0 Å². The molecule has 25 heavy (non-hydrogen) atoms. The number of hydrogen-bond donors (Lipinski definition) is 1. The lowest BCUT2D eigenvalue weighted by Gasteiger charge is -2.17. The second kappa shape index (κ2) is 5.83. The number of carbonyl (C=O) groups is 1. The van der Waals surface area contributed by atoms with Gasteiger partial charge in [0.25, 0.3) is 0 Å². The molecule has 4 heterocycles. The second-order valence-electron chi connectivity index (χ2n) is 6.32. The van der Waals surface area contributed by atoms with Gasteiger partial charge in [-0.25, -0.2) is 14.8 Å². The number of aromatic amines is 1. The van der Waals surface area contributed by atoms with E-state index < -0.39 is 0 Å². The zero-order valence-corrected chi connectivity index (χ0v) is 14.0. The number of aromatic nitrogens is 5. The molecular formula is C16H18N6O3. The van der Waals surface area contributed by atoms with Gasteiger partial charge in [0.05, 0.1) is 24.4 Å². The number of carbonyl (C=O) groups excluding carboxylic acids is 1. The Balaban J connectivity index is 1.54. The van der Waals surface area contributed by atoms with Crippen molar-refractivity contribution >= 4 is 17.1 Å². The number of rotatable bonds is 3. The van der Waals surface area contributed by atoms with Crippen LogP contribution in [0.25, 0.3) is 11.2 Å². The third-order valence-corrected chi connectivity index (χ3v) is 4.77. The number of fused-ring (bicyclic) bond motifs is 1. The van der Waals surface area contributed by atoms with E-state index in [1.165, 1.54) is 6.33 Å². The first kappa shape index (κ1) is 15.6. The molecule has 1 atom stereocenters. The Morgan fingerprint density at radius 2 is 2.28 bits per heavy atom. The molecule has 130 valence electrons. The van der Waals surface area contributed by atoms with E-state index >= 15 is 0 Å². The highest BCUT2D eigenvalue weighted by atomic mass is 16.5. The monoisotopic (exact) mass is 342 g/mol. The quantitative estimate of drug-likeness (QED) is 0.752. The number of likely N-dealkylation sites (tertiary alicyclic amines) is 1. The zero-order valence-electron chi connectivity index (χ0n) is 14.0. The van der Waals surface area contributed by atoms with E-state index in [0.717, 1.165) is 11.3 Å². The molecule has 1 aliphatic heterocycles. The highest BCUT2D eigenvalue weighted by molar-refractivity contribution is 5.79. The van der Waals surface area contributed by atoms with E-state index in [9.17, 15) is 9.59 Å². The number of hydrogen-bond acceptors (Lipinski definition) is 6. The van der Waals surface area contributed by atoms with Crippen LogP contribution in [0.4, 0.5) is 0 Å². The standard InChI is InChI=1S/C16H18N6O3/c1-9-12(10(2)25-20-9)5-14(23)21-4-3-11(7-21)22-15-13(19-16(22)24)6-17-8-18-15/h6,8,11H,3-5,7H2,1-2H3,(H,19,24)/t11-/m0/s1. The second-order valence-corrected chi connectivity index (χ2v) is 6.32. The van der Waals surface area contributed by atoms with Crippen LogP contribution >= 0.6 is 0 Å². The molecule has 1 N–H and O–H groups in total. The van der Waals surface area contributed by atoms with Crippen molar-refractivity contribution in [3.05, 3.63) is 40.0 Å². The molecule has 1 fully saturated rings. The molecule has 1 saturated heterocycles. The lowest BCUT2D eigenvalue weighted by molar-refractivity contribution is -0.129. The van der Waals surface area contributed by atoms with Gasteiger partial charge in [-0.1, -0.05) is 5.16 Å². The first-order valence-corrected chi connectivity index (χ1v) is 8.14. The van der Waals surface area contributed by atoms with Gasteiger partial charge in [-0.05, 0) is 20.3 Å². The van der Waals surface area contributed by atoms with Gasteiger partial charge in [0.2, 0.25) is 5.91 Å². The zero-order chi connectivity index (χ0) is 17.6. The van der Waals surface area contributed by atoms with Gasteiger partial charge >= 0.3 is 5.69 Å². The molecule has 1 amide bonds. The summed E-state index contributed by atoms with van der Waals surface area (Å²) in [6.07, 6.45) is 3.97. The molecule has 0 radical (unpaired) electrons. The Bertz CT molecular complexity index is 981. The van der Waals surface area contributed by atoms with Crippen molar-refractivity contribution in [3.8, 4) is 0 Å². The summed E-state index contributed by atoms with van der Waals surface area (Å²) >= 11 is 0. The van der Waals surface area contributed by atoms with Crippen LogP contribution in [0.2, 0.25) is 0 Å². The van der Waals surface area contributed by atoms with Crippen molar-refractivity contribution in [1.82, 2.24) is 29.6 Å². The normalized spacial score (nSPS) is 17.5. The molecule has 0 unspecified atom stereocenters. The molecule has 0 bridgehead atoms. The molecule has 0 aromatic carbocycles. The topological polar surface area (TPSA) is 110 Å². The molecule has 1 aliphatic rings. The number of nitrogens with zero attached hydrogens (tertiary/aromatic N) is 5. The Hall–Kier alpha value is -2.97. The third-order valence-electron chi connectivity index (χ3n) is 4.77. The summed E-state index contributed by atoms with van der Waals surface area (Å²) in [5.41, 5.74) is 2.54. The lowest BCUT2D eigenvalue weighted by Crippen LogP contribution is -2.32. The molecule has 4 rings (SSSR count). The molecule has 0 saturated carbocycles. The van der Waals surface area contributed by atoms with Gasteiger partial charge in [0, 0.05) is 18.7 Å². The van der Waals surface area contributed by atoms with Crippen molar-refractivity contribution < 1.29 is 9.32 Å². The lowest BCUT2D eigenvalue weighted by atomic mass is 10.1. The Morgan fingerprint density at radius 3 is 3.04 bits per heavy atom. The maximum absolute atomic E-state index is 12.6. The van der Waals surface area contributed by atoms with Gasteiger partial charge < -0.3 is 14.4 Å². The summed E-state index contributed by atoms with van der Waals surface area (Å²) in [5, 5.41) is 3.89. The predicted octanol–water partition coefficient (Wildman–Crippen LogP) is 0.741. The smallest absolute Gasteiger partial charge is 0.328 e. The summed E-state index contributed by atoms with van der Waals surface area (Å²) in [6.45, 7) is 4.73. The van der Waals surface area contributed by atoms with Gasteiger partial charge in [-0.3, -0.25) is 9.36 Å². The van der Waals surface area contributed by atoms with Gasteiger partial charge in [0.15, 0.2) is 5.65 Å². The molecule has 0 aliphatic carbocycles. The fourth-order valence-corrected chi connectivity index (χ4v) is 3.41. The fraction of sp³-hybridized carbons (Fsp3) is 0.438. The van der Waals surface area contributed by atoms with Crippen LogP contribution < -0.4 is 5.69 Å². The van der Waals surface area contributed by atoms with Crippen LogP contribution in [0, 0.1) is 13.8 Å². The van der Waals surface area contributed by atoms with E-state index in [4.69, 9.17) is 4.52 Å². The first-order chi connectivity index (χ1) is 12.0. The van der Waals surface area contributed by atoms with E-state index in [1.54, 1.807) is 22.6 Å². The molecule has 9 nitrogen and oxygen atoms in total. The third kappa shape index (κ3) is 2.61. The van der Waals surface area contributed by atoms with Crippen LogP contribution in [-0.4, -0.2) is 48.6 Å². The number of H-pyrrole nitrogens is 1. The Labute approximate surface area is 142 Å². The number of imidazole rings is 1. The maximum atomic E-state index is 12.6. The Kier molecular flexibility index (Phi) is 3.63. The molecule has 9 heteroatoms. The van der Waals surface area contributed by atoms with Crippen molar-refractivity contribution in [1.29, 1.82) is 0 Å². The summed E-state index contributed by atoms with van der Waals surface area (Å²) in [6, 6.07) is -0.0928. The largest absolute Gasteiger partial charge is 0.361 e. The van der Waals surface area contributed by atoms with E-state index in [1.807, 2.05) is 6.92 Å². The van der Waals surface area contributed by atoms with Crippen molar-refractivity contribution in [2.75, 3.05) is 13.1 Å². The summed E-state index contributed by atoms with van der Waals surface area (Å²) in [4.78, 5) is 37.5. The average molecular weight is 342 g/mol. The Morgan fingerprint density at radius 1 is 1.44 bits per heavy atom. The van der Waals surface area contributed by atoms with E-state index in [-0.39, 0.29) is 24.1 Å². The first-order valence-electron chi connectivity index (χ1n) is 8.14. The highest BCUT2D eigenvalue weighted by Crippen LogP contribution is 2.24. The van der Waals surface area contributed by atoms with Crippen molar-refractivity contribution in [2.45, 2.75) is 32.7 Å². The van der Waals surface area contributed by atoms with Crippen LogP contribution in [0.3, 0.4) is 0 Å². The van der Waals surface area contributed by atoms with Crippen LogP contribution in [-0.2, 0) is 11.2 Å². The summed E-state index contributed by atoms with van der Waals surface area (Å²) < 4.78 is 6.74. The summed E-state index contributed by atoms with van der Waals surface area (Å²) in [5.74, 6) is 0.686. The predicted molar refractivity (Wildman–Crippen MR) is 88.1 cm³/mol. The number of nitrogens with one attached hydrogen (secondary N) is 1. The van der Waals surface area contributed by atoms with Crippen molar-refractivity contribution in [2.24, 2.45) is 0 Å². The van der Waals surface area contributed by atoms with Gasteiger partial charge in [-0.15, -0.1) is 0 Å². The molecular weight excluding hydrogens is 324 g/mol. The minimum absolute atomic E-state index is 0.0133. The van der Waals surface area contributed by atoms with E-state index in [2.05, 4.69) is 20.1 Å². The highest BCUT2D eigenvalue weighted by Gasteiger charge is 2.30. The van der Waals surface area contributed by atoms with Gasteiger partial charge in [0.1, 0.15) is 17.6 Å². The SMILES string of the molecule is Cc1noc(C)c1CC(=O)N1CC[C@H](n2c(=O)[nH]c3cncnc32)C1. The molecule has 3 aromatic rings. The van der Waals surface area contributed by atoms with Crippen LogP contribution in [0.15, 0.2) is 21.8 Å². The van der Waals surface area contributed by atoms with Crippen molar-refractivity contribution in [3.63, 3.8) is 0 Å².